The highest BCUT2D eigenvalue weighted by Gasteiger charge is 2.16. The second kappa shape index (κ2) is 6.94. The number of hydrogen-bond acceptors (Lipinski definition) is 5. The van der Waals surface area contributed by atoms with Crippen LogP contribution in [-0.2, 0) is 4.74 Å². The highest BCUT2D eigenvalue weighted by molar-refractivity contribution is 6.02. The van der Waals surface area contributed by atoms with Gasteiger partial charge in [0.2, 0.25) is 0 Å². The minimum atomic E-state index is 0.0820. The van der Waals surface area contributed by atoms with Gasteiger partial charge in [0.25, 0.3) is 0 Å². The van der Waals surface area contributed by atoms with Gasteiger partial charge in [0.15, 0.2) is 5.84 Å². The molecule has 6 heteroatoms. The second-order valence-electron chi connectivity index (χ2n) is 4.53. The molecule has 0 atom stereocenters. The summed E-state index contributed by atoms with van der Waals surface area (Å²) in [5.41, 5.74) is 8.27. The summed E-state index contributed by atoms with van der Waals surface area (Å²) in [7, 11) is 3.61. The molecule has 3 N–H and O–H groups in total. The maximum atomic E-state index is 8.90. The molecule has 1 aromatic rings. The molecule has 0 aliphatic rings. The number of pyridine rings is 1. The van der Waals surface area contributed by atoms with E-state index in [9.17, 15) is 0 Å². The quantitative estimate of drug-likeness (QED) is 0.266. The highest BCUT2D eigenvalue weighted by atomic mass is 16.5. The normalized spacial score (nSPS) is 11.7. The predicted molar refractivity (Wildman–Crippen MR) is 76.0 cm³/mol. The summed E-state index contributed by atoms with van der Waals surface area (Å²) in [6.45, 7) is 5.33. The van der Waals surface area contributed by atoms with E-state index in [4.69, 9.17) is 15.7 Å². The van der Waals surface area contributed by atoms with Crippen molar-refractivity contribution in [1.82, 2.24) is 4.98 Å². The smallest absolute Gasteiger partial charge is 0.174 e. The molecule has 0 saturated carbocycles. The molecule has 0 aliphatic heterocycles. The maximum absolute atomic E-state index is 8.90. The van der Waals surface area contributed by atoms with Crippen molar-refractivity contribution in [2.75, 3.05) is 32.2 Å². The summed E-state index contributed by atoms with van der Waals surface area (Å²) in [6.07, 6.45) is 0.886. The molecule has 106 valence electrons. The van der Waals surface area contributed by atoms with Crippen LogP contribution in [0.5, 0.6) is 0 Å². The number of oxime groups is 1. The van der Waals surface area contributed by atoms with Gasteiger partial charge in [-0.25, -0.2) is 4.98 Å². The first-order valence-electron chi connectivity index (χ1n) is 6.17. The number of aryl methyl sites for hydroxylation is 2. The molecule has 0 radical (unpaired) electrons. The topological polar surface area (TPSA) is 84.0 Å². The molecule has 19 heavy (non-hydrogen) atoms. The summed E-state index contributed by atoms with van der Waals surface area (Å²) >= 11 is 0. The van der Waals surface area contributed by atoms with E-state index in [1.54, 1.807) is 7.11 Å². The number of ether oxygens (including phenoxy) is 1. The van der Waals surface area contributed by atoms with E-state index in [0.29, 0.717) is 12.2 Å². The Bertz CT molecular complexity index is 460. The number of hydrogen-bond donors (Lipinski definition) is 2. The number of aromatic nitrogens is 1. The van der Waals surface area contributed by atoms with Gasteiger partial charge in [-0.2, -0.15) is 0 Å². The van der Waals surface area contributed by atoms with Crippen molar-refractivity contribution in [3.05, 3.63) is 22.9 Å². The number of rotatable bonds is 6. The fourth-order valence-electron chi connectivity index (χ4n) is 2.01. The largest absolute Gasteiger partial charge is 0.409 e. The van der Waals surface area contributed by atoms with Gasteiger partial charge in [-0.15, -0.1) is 0 Å². The number of anilines is 1. The van der Waals surface area contributed by atoms with Crippen LogP contribution in [0.25, 0.3) is 0 Å². The molecule has 0 bridgehead atoms. The molecule has 0 aliphatic carbocycles. The standard InChI is InChI=1S/C13H22N4O2/c1-9-8-10(2)15-13(11(9)12(14)16-18)17(3)6-5-7-19-4/h8,18H,5-7H2,1-4H3,(H2,14,16). The van der Waals surface area contributed by atoms with E-state index in [-0.39, 0.29) is 5.84 Å². The van der Waals surface area contributed by atoms with Gasteiger partial charge in [-0.3, -0.25) is 0 Å². The van der Waals surface area contributed by atoms with Crippen LogP contribution in [0.4, 0.5) is 5.82 Å². The van der Waals surface area contributed by atoms with Crippen LogP contribution in [0.1, 0.15) is 23.2 Å². The number of amidine groups is 1. The minimum Gasteiger partial charge on any atom is -0.409 e. The summed E-state index contributed by atoms with van der Waals surface area (Å²) in [6, 6.07) is 1.92. The van der Waals surface area contributed by atoms with Crippen LogP contribution in [0, 0.1) is 13.8 Å². The van der Waals surface area contributed by atoms with Gasteiger partial charge in [0, 0.05) is 33.0 Å². The fraction of sp³-hybridized carbons (Fsp3) is 0.538. The second-order valence-corrected chi connectivity index (χ2v) is 4.53. The zero-order chi connectivity index (χ0) is 14.4. The van der Waals surface area contributed by atoms with E-state index in [1.807, 2.05) is 31.9 Å². The molecule has 6 nitrogen and oxygen atoms in total. The third kappa shape index (κ3) is 3.82. The summed E-state index contributed by atoms with van der Waals surface area (Å²) in [5.74, 6) is 0.808. The zero-order valence-corrected chi connectivity index (χ0v) is 12.0. The van der Waals surface area contributed by atoms with Crippen molar-refractivity contribution in [1.29, 1.82) is 0 Å². The Hall–Kier alpha value is -1.82. The highest BCUT2D eigenvalue weighted by Crippen LogP contribution is 2.21. The van der Waals surface area contributed by atoms with Crippen molar-refractivity contribution in [2.45, 2.75) is 20.3 Å². The van der Waals surface area contributed by atoms with Crippen molar-refractivity contribution in [3.8, 4) is 0 Å². The summed E-state index contributed by atoms with van der Waals surface area (Å²) < 4.78 is 5.04. The molecule has 0 unspecified atom stereocenters. The molecule has 1 rings (SSSR count). The molecule has 0 amide bonds. The van der Waals surface area contributed by atoms with Crippen LogP contribution < -0.4 is 10.6 Å². The van der Waals surface area contributed by atoms with Gasteiger partial charge >= 0.3 is 0 Å². The SMILES string of the molecule is COCCCN(C)c1nc(C)cc(C)c1C(N)=NO. The molecular weight excluding hydrogens is 244 g/mol. The van der Waals surface area contributed by atoms with Gasteiger partial charge < -0.3 is 20.6 Å². The van der Waals surface area contributed by atoms with Gasteiger partial charge in [-0.1, -0.05) is 5.16 Å². The Morgan fingerprint density at radius 3 is 2.79 bits per heavy atom. The Morgan fingerprint density at radius 1 is 1.53 bits per heavy atom. The molecule has 0 saturated heterocycles. The first kappa shape index (κ1) is 15.2. The monoisotopic (exact) mass is 266 g/mol. The Labute approximate surface area is 113 Å². The van der Waals surface area contributed by atoms with Crippen molar-refractivity contribution in [2.24, 2.45) is 10.9 Å². The van der Waals surface area contributed by atoms with E-state index < -0.39 is 0 Å². The van der Waals surface area contributed by atoms with Crippen LogP contribution in [0.2, 0.25) is 0 Å². The lowest BCUT2D eigenvalue weighted by Gasteiger charge is -2.22. The van der Waals surface area contributed by atoms with Gasteiger partial charge in [0.1, 0.15) is 5.82 Å². The number of nitrogens with zero attached hydrogens (tertiary/aromatic N) is 3. The molecular formula is C13H22N4O2. The molecule has 0 spiro atoms. The lowest BCUT2D eigenvalue weighted by Crippen LogP contribution is -2.27. The van der Waals surface area contributed by atoms with Gasteiger partial charge in [0.05, 0.1) is 5.56 Å². The maximum Gasteiger partial charge on any atom is 0.174 e. The predicted octanol–water partition coefficient (Wildman–Crippen LogP) is 1.27. The van der Waals surface area contributed by atoms with E-state index >= 15 is 0 Å². The van der Waals surface area contributed by atoms with Crippen molar-refractivity contribution < 1.29 is 9.94 Å². The third-order valence-corrected chi connectivity index (χ3v) is 2.89. The van der Waals surface area contributed by atoms with Crippen LogP contribution >= 0.6 is 0 Å². The lowest BCUT2D eigenvalue weighted by molar-refractivity contribution is 0.196. The van der Waals surface area contributed by atoms with Crippen LogP contribution in [0.15, 0.2) is 11.2 Å². The molecule has 0 fully saturated rings. The number of nitrogens with two attached hydrogens (primary N) is 1. The molecule has 1 heterocycles. The molecule has 1 aromatic heterocycles. The Balaban J connectivity index is 3.10. The fourth-order valence-corrected chi connectivity index (χ4v) is 2.01. The number of methoxy groups -OCH3 is 1. The summed E-state index contributed by atoms with van der Waals surface area (Å²) in [4.78, 5) is 6.49. The minimum absolute atomic E-state index is 0.0820. The van der Waals surface area contributed by atoms with Crippen LogP contribution in [0.3, 0.4) is 0 Å². The first-order chi connectivity index (χ1) is 9.01. The zero-order valence-electron chi connectivity index (χ0n) is 12.0. The van der Waals surface area contributed by atoms with Crippen molar-refractivity contribution >= 4 is 11.7 Å². The van der Waals surface area contributed by atoms with Crippen molar-refractivity contribution in [3.63, 3.8) is 0 Å². The molecule has 0 aromatic carbocycles. The first-order valence-corrected chi connectivity index (χ1v) is 6.17. The Morgan fingerprint density at radius 2 is 2.21 bits per heavy atom. The van der Waals surface area contributed by atoms with E-state index in [2.05, 4.69) is 10.1 Å². The Kier molecular flexibility index (Phi) is 5.57. The lowest BCUT2D eigenvalue weighted by atomic mass is 10.1. The van der Waals surface area contributed by atoms with E-state index in [1.165, 1.54) is 0 Å². The summed E-state index contributed by atoms with van der Waals surface area (Å²) in [5, 5.41) is 12.0. The third-order valence-electron chi connectivity index (χ3n) is 2.89. The van der Waals surface area contributed by atoms with Crippen LogP contribution in [-0.4, -0.2) is 43.3 Å². The average Bonchev–Trinajstić information content (AvgIpc) is 2.37. The van der Waals surface area contributed by atoms with Gasteiger partial charge in [-0.05, 0) is 31.9 Å². The average molecular weight is 266 g/mol. The van der Waals surface area contributed by atoms with E-state index in [0.717, 1.165) is 30.0 Å².